The van der Waals surface area contributed by atoms with E-state index in [0.29, 0.717) is 28.0 Å². The molecule has 0 saturated heterocycles. The molecule has 9 nitrogen and oxygen atoms in total. The lowest BCUT2D eigenvalue weighted by Gasteiger charge is -2.10. The number of hydrogen-bond donors (Lipinski definition) is 2. The first kappa shape index (κ1) is 19.9. The topological polar surface area (TPSA) is 121 Å². The highest BCUT2D eigenvalue weighted by atomic mass is 32.2. The highest BCUT2D eigenvalue weighted by Crippen LogP contribution is 2.36. The van der Waals surface area contributed by atoms with E-state index in [-0.39, 0.29) is 11.7 Å². The van der Waals surface area contributed by atoms with Crippen LogP contribution in [-0.2, 0) is 4.79 Å². The number of anilines is 1. The van der Waals surface area contributed by atoms with E-state index in [2.05, 4.69) is 20.5 Å². The molecule has 160 valence electrons. The van der Waals surface area contributed by atoms with E-state index in [0.717, 1.165) is 21.9 Å². The molecule has 3 heterocycles. The van der Waals surface area contributed by atoms with Gasteiger partial charge in [0.15, 0.2) is 5.82 Å². The third kappa shape index (κ3) is 3.60. The van der Waals surface area contributed by atoms with E-state index in [1.165, 1.54) is 16.4 Å². The number of carbonyl (C=O) groups excluding carboxylic acids is 1. The Kier molecular flexibility index (Phi) is 5.12. The van der Waals surface area contributed by atoms with Crippen molar-refractivity contribution in [3.8, 4) is 17.1 Å². The molecule has 5 rings (SSSR count). The summed E-state index contributed by atoms with van der Waals surface area (Å²) in [5.41, 5.74) is 2.75. The molecule has 1 amide bonds. The quantitative estimate of drug-likeness (QED) is 0.299. The number of hydrogen-bond acceptors (Lipinski definition) is 8. The number of pyridine rings is 1. The normalized spacial score (nSPS) is 11.2. The molecule has 0 saturated carbocycles. The van der Waals surface area contributed by atoms with Crippen molar-refractivity contribution in [2.75, 3.05) is 24.0 Å². The van der Waals surface area contributed by atoms with Crippen LogP contribution in [0.15, 0.2) is 70.5 Å². The Morgan fingerprint density at radius 2 is 1.94 bits per heavy atom. The van der Waals surface area contributed by atoms with E-state index in [4.69, 9.17) is 15.0 Å². The van der Waals surface area contributed by atoms with Gasteiger partial charge in [0, 0.05) is 34.8 Å². The summed E-state index contributed by atoms with van der Waals surface area (Å²) in [4.78, 5) is 16.6. The highest BCUT2D eigenvalue weighted by molar-refractivity contribution is 7.99. The number of nitrogens with zero attached hydrogens (tertiary/aromatic N) is 4. The Balaban J connectivity index is 1.33. The summed E-state index contributed by atoms with van der Waals surface area (Å²) in [6.45, 7) is 0. The van der Waals surface area contributed by atoms with Crippen LogP contribution < -0.4 is 15.9 Å². The number of nitrogens with two attached hydrogens (primary N) is 1. The van der Waals surface area contributed by atoms with Crippen LogP contribution in [-0.4, -0.2) is 38.6 Å². The monoisotopic (exact) mass is 446 g/mol. The fourth-order valence-electron chi connectivity index (χ4n) is 3.41. The van der Waals surface area contributed by atoms with Crippen LogP contribution in [0, 0.1) is 0 Å². The van der Waals surface area contributed by atoms with E-state index >= 15 is 0 Å². The van der Waals surface area contributed by atoms with Gasteiger partial charge in [-0.2, -0.15) is 0 Å². The molecule has 3 aromatic heterocycles. The number of amides is 1. The van der Waals surface area contributed by atoms with Gasteiger partial charge in [0.05, 0.1) is 18.6 Å². The fraction of sp³-hybridized carbons (Fsp3) is 0.0909. The molecule has 0 bridgehead atoms. The van der Waals surface area contributed by atoms with Gasteiger partial charge in [-0.05, 0) is 24.3 Å². The molecule has 0 radical (unpaired) electrons. The molecule has 0 aliphatic rings. The van der Waals surface area contributed by atoms with E-state index in [1.807, 2.05) is 30.3 Å². The second-order valence-corrected chi connectivity index (χ2v) is 7.84. The molecule has 0 aliphatic carbocycles. The van der Waals surface area contributed by atoms with Crippen LogP contribution in [0.5, 0.6) is 5.75 Å². The second-order valence-electron chi connectivity index (χ2n) is 6.90. The summed E-state index contributed by atoms with van der Waals surface area (Å²) < 4.78 is 12.8. The number of nitrogens with one attached hydrogen (secondary N) is 1. The Morgan fingerprint density at radius 1 is 1.12 bits per heavy atom. The molecule has 10 heteroatoms. The maximum Gasteiger partial charge on any atom is 0.234 e. The van der Waals surface area contributed by atoms with Crippen LogP contribution in [0.25, 0.3) is 33.3 Å². The van der Waals surface area contributed by atoms with Gasteiger partial charge < -0.3 is 20.3 Å². The predicted octanol–water partition coefficient (Wildman–Crippen LogP) is 3.69. The number of thioether (sulfide) groups is 1. The van der Waals surface area contributed by atoms with Crippen LogP contribution in [0.4, 0.5) is 5.69 Å². The van der Waals surface area contributed by atoms with Gasteiger partial charge in [-0.25, -0.2) is 4.68 Å². The Bertz CT molecular complexity index is 1430. The minimum absolute atomic E-state index is 0.0903. The summed E-state index contributed by atoms with van der Waals surface area (Å²) >= 11 is 1.18. The summed E-state index contributed by atoms with van der Waals surface area (Å²) in [6.07, 6.45) is 3.30. The van der Waals surface area contributed by atoms with Crippen molar-refractivity contribution in [1.82, 2.24) is 19.9 Å². The van der Waals surface area contributed by atoms with Crippen LogP contribution in [0.1, 0.15) is 0 Å². The average molecular weight is 446 g/mol. The maximum atomic E-state index is 12.6. The smallest absolute Gasteiger partial charge is 0.234 e. The largest absolute Gasteiger partial charge is 0.495 e. The second kappa shape index (κ2) is 8.23. The molecule has 5 aromatic rings. The maximum absolute atomic E-state index is 12.6. The number of nitrogen functional groups attached to an aromatic ring is 1. The molecular formula is C22H18N6O3S. The molecule has 0 fully saturated rings. The summed E-state index contributed by atoms with van der Waals surface area (Å²) in [5, 5.41) is 13.4. The van der Waals surface area contributed by atoms with Crippen molar-refractivity contribution in [3.63, 3.8) is 0 Å². The average Bonchev–Trinajstić information content (AvgIpc) is 3.37. The van der Waals surface area contributed by atoms with Crippen LogP contribution >= 0.6 is 11.8 Å². The zero-order valence-corrected chi connectivity index (χ0v) is 17.8. The first-order valence-electron chi connectivity index (χ1n) is 9.67. The molecular weight excluding hydrogens is 428 g/mol. The Morgan fingerprint density at radius 3 is 2.75 bits per heavy atom. The zero-order valence-electron chi connectivity index (χ0n) is 17.0. The number of furan rings is 1. The third-order valence-corrected chi connectivity index (χ3v) is 5.85. The summed E-state index contributed by atoms with van der Waals surface area (Å²) in [6, 6.07) is 15.0. The highest BCUT2D eigenvalue weighted by Gasteiger charge is 2.16. The number of ether oxygens (including phenoxy) is 1. The first-order chi connectivity index (χ1) is 15.6. The summed E-state index contributed by atoms with van der Waals surface area (Å²) in [7, 11) is 1.56. The van der Waals surface area contributed by atoms with Crippen molar-refractivity contribution in [2.24, 2.45) is 0 Å². The van der Waals surface area contributed by atoms with E-state index in [9.17, 15) is 4.79 Å². The van der Waals surface area contributed by atoms with Gasteiger partial charge in [-0.3, -0.25) is 9.78 Å². The van der Waals surface area contributed by atoms with Gasteiger partial charge in [0.1, 0.15) is 16.9 Å². The van der Waals surface area contributed by atoms with Gasteiger partial charge in [0.2, 0.25) is 11.1 Å². The predicted molar refractivity (Wildman–Crippen MR) is 123 cm³/mol. The minimum Gasteiger partial charge on any atom is -0.495 e. The lowest BCUT2D eigenvalue weighted by Crippen LogP contribution is -2.16. The number of rotatable bonds is 6. The molecule has 0 aliphatic heterocycles. The molecule has 0 atom stereocenters. The van der Waals surface area contributed by atoms with E-state index < -0.39 is 0 Å². The molecule has 2 aromatic carbocycles. The fourth-order valence-corrected chi connectivity index (χ4v) is 4.06. The number of methoxy groups -OCH3 is 1. The third-order valence-electron chi connectivity index (χ3n) is 4.91. The standard InChI is InChI=1S/C22H18N6O3S/c1-30-19-10-15-14-4-2-3-5-17(14)31-18(15)11-16(19)25-20(29)12-32-22-27-26-21(28(22)23)13-6-8-24-9-7-13/h2-11H,12,23H2,1H3,(H,25,29). The number of benzene rings is 2. The molecule has 0 unspecified atom stereocenters. The van der Waals surface area contributed by atoms with Gasteiger partial charge in [-0.1, -0.05) is 30.0 Å². The first-order valence-corrected chi connectivity index (χ1v) is 10.7. The molecule has 3 N–H and O–H groups in total. The van der Waals surface area contributed by atoms with Crippen LogP contribution in [0.2, 0.25) is 0 Å². The zero-order chi connectivity index (χ0) is 22.1. The number of carbonyl (C=O) groups is 1. The van der Waals surface area contributed by atoms with Crippen molar-refractivity contribution < 1.29 is 13.9 Å². The van der Waals surface area contributed by atoms with Crippen molar-refractivity contribution in [2.45, 2.75) is 5.16 Å². The number of aromatic nitrogens is 4. The van der Waals surface area contributed by atoms with Crippen molar-refractivity contribution in [1.29, 1.82) is 0 Å². The SMILES string of the molecule is COc1cc2c(cc1NC(=O)CSc1nnc(-c3ccncc3)n1N)oc1ccccc12. The summed E-state index contributed by atoms with van der Waals surface area (Å²) in [5.74, 6) is 7.00. The molecule has 32 heavy (non-hydrogen) atoms. The Labute approximate surface area is 186 Å². The van der Waals surface area contributed by atoms with Gasteiger partial charge in [0.25, 0.3) is 0 Å². The minimum atomic E-state index is -0.239. The van der Waals surface area contributed by atoms with Crippen molar-refractivity contribution in [3.05, 3.63) is 60.9 Å². The number of para-hydroxylation sites is 1. The lowest BCUT2D eigenvalue weighted by atomic mass is 10.1. The van der Waals surface area contributed by atoms with Crippen molar-refractivity contribution >= 4 is 45.3 Å². The van der Waals surface area contributed by atoms with E-state index in [1.54, 1.807) is 37.7 Å². The van der Waals surface area contributed by atoms with Gasteiger partial charge >= 0.3 is 0 Å². The lowest BCUT2D eigenvalue weighted by molar-refractivity contribution is -0.113. The number of fused-ring (bicyclic) bond motifs is 3. The van der Waals surface area contributed by atoms with Crippen LogP contribution in [0.3, 0.4) is 0 Å². The van der Waals surface area contributed by atoms with Gasteiger partial charge in [-0.15, -0.1) is 10.2 Å². The Hall–Kier alpha value is -4.05. The molecule has 0 spiro atoms.